The molecule has 0 bridgehead atoms. The van der Waals surface area contributed by atoms with Gasteiger partial charge in [-0.25, -0.2) is 13.4 Å². The van der Waals surface area contributed by atoms with Crippen LogP contribution in [0.2, 0.25) is 0 Å². The zero-order chi connectivity index (χ0) is 21.7. The van der Waals surface area contributed by atoms with Gasteiger partial charge < -0.3 is 10.2 Å². The van der Waals surface area contributed by atoms with Crippen molar-refractivity contribution in [1.29, 1.82) is 0 Å². The molecule has 0 atom stereocenters. The summed E-state index contributed by atoms with van der Waals surface area (Å²) in [5, 5.41) is 2.79. The number of nitrogens with one attached hydrogen (secondary N) is 1. The minimum atomic E-state index is -3.50. The monoisotopic (exact) mass is 442 g/mol. The molecule has 0 radical (unpaired) electrons. The second-order valence-electron chi connectivity index (χ2n) is 8.25. The summed E-state index contributed by atoms with van der Waals surface area (Å²) in [5.74, 6) is 0.172. The topological polar surface area (TPSA) is 82.6 Å². The second-order valence-corrected chi connectivity index (χ2v) is 10.2. The lowest BCUT2D eigenvalue weighted by atomic mass is 10.2. The number of hydrogen-bond acceptors (Lipinski definition) is 5. The highest BCUT2D eigenvalue weighted by atomic mass is 32.2. The first-order valence-corrected chi connectivity index (χ1v) is 12.6. The molecule has 166 valence electrons. The van der Waals surface area contributed by atoms with Crippen LogP contribution in [-0.2, 0) is 10.0 Å². The average molecular weight is 443 g/mol. The lowest BCUT2D eigenvalue weighted by Gasteiger charge is -2.25. The van der Waals surface area contributed by atoms with Crippen molar-refractivity contribution in [3.63, 3.8) is 0 Å². The predicted molar refractivity (Wildman–Crippen MR) is 122 cm³/mol. The van der Waals surface area contributed by atoms with Crippen LogP contribution < -0.4 is 10.2 Å². The normalized spacial score (nSPS) is 18.4. The van der Waals surface area contributed by atoms with Gasteiger partial charge in [0, 0.05) is 31.7 Å². The summed E-state index contributed by atoms with van der Waals surface area (Å²) in [6.07, 6.45) is 9.59. The number of pyridine rings is 1. The van der Waals surface area contributed by atoms with E-state index in [1.165, 1.54) is 42.1 Å². The van der Waals surface area contributed by atoms with Crippen LogP contribution in [-0.4, -0.2) is 49.8 Å². The number of piperidine rings is 1. The van der Waals surface area contributed by atoms with Gasteiger partial charge in [-0.2, -0.15) is 4.31 Å². The van der Waals surface area contributed by atoms with Gasteiger partial charge in [0.25, 0.3) is 5.91 Å². The first-order valence-electron chi connectivity index (χ1n) is 11.2. The third-order valence-corrected chi connectivity index (χ3v) is 7.94. The largest absolute Gasteiger partial charge is 0.370 e. The number of rotatable bonds is 5. The molecule has 0 unspecified atom stereocenters. The van der Waals surface area contributed by atoms with E-state index in [1.54, 1.807) is 18.3 Å². The van der Waals surface area contributed by atoms with Crippen molar-refractivity contribution < 1.29 is 13.2 Å². The first-order chi connectivity index (χ1) is 15.0. The van der Waals surface area contributed by atoms with Gasteiger partial charge in [-0.1, -0.05) is 19.3 Å². The number of carbonyl (C=O) groups is 1. The van der Waals surface area contributed by atoms with Gasteiger partial charge >= 0.3 is 0 Å². The summed E-state index contributed by atoms with van der Waals surface area (Å²) in [6.45, 7) is 3.20. The smallest absolute Gasteiger partial charge is 0.256 e. The van der Waals surface area contributed by atoms with Crippen molar-refractivity contribution >= 4 is 27.4 Å². The number of sulfonamides is 1. The lowest BCUT2D eigenvalue weighted by Crippen LogP contribution is -2.35. The summed E-state index contributed by atoms with van der Waals surface area (Å²) < 4.78 is 27.0. The van der Waals surface area contributed by atoms with E-state index in [4.69, 9.17) is 0 Å². The first kappa shape index (κ1) is 21.8. The zero-order valence-corrected chi connectivity index (χ0v) is 18.6. The highest BCUT2D eigenvalue weighted by Crippen LogP contribution is 2.22. The number of anilines is 2. The van der Waals surface area contributed by atoms with E-state index in [0.717, 1.165) is 38.0 Å². The molecule has 1 N–H and O–H groups in total. The van der Waals surface area contributed by atoms with E-state index in [1.807, 2.05) is 12.1 Å². The minimum Gasteiger partial charge on any atom is -0.370 e. The number of benzene rings is 1. The van der Waals surface area contributed by atoms with Crippen LogP contribution in [0, 0.1) is 0 Å². The van der Waals surface area contributed by atoms with Crippen molar-refractivity contribution in [3.05, 3.63) is 48.2 Å². The van der Waals surface area contributed by atoms with Crippen LogP contribution in [0.25, 0.3) is 0 Å². The zero-order valence-electron chi connectivity index (χ0n) is 17.8. The van der Waals surface area contributed by atoms with Gasteiger partial charge in [0.1, 0.15) is 5.82 Å². The van der Waals surface area contributed by atoms with Crippen molar-refractivity contribution in [2.75, 3.05) is 36.4 Å². The molecule has 0 aliphatic carbocycles. The van der Waals surface area contributed by atoms with Crippen LogP contribution in [0.5, 0.6) is 0 Å². The summed E-state index contributed by atoms with van der Waals surface area (Å²) >= 11 is 0. The minimum absolute atomic E-state index is 0.228. The fourth-order valence-corrected chi connectivity index (χ4v) is 5.71. The molecule has 2 aliphatic rings. The highest BCUT2D eigenvalue weighted by Gasteiger charge is 2.26. The summed E-state index contributed by atoms with van der Waals surface area (Å²) in [7, 11) is -3.50. The Bertz CT molecular complexity index is 976. The maximum atomic E-state index is 12.8. The fraction of sp³-hybridized carbons (Fsp3) is 0.478. The van der Waals surface area contributed by atoms with Gasteiger partial charge in [-0.3, -0.25) is 4.79 Å². The molecule has 3 heterocycles. The fourth-order valence-electron chi connectivity index (χ4n) is 4.20. The highest BCUT2D eigenvalue weighted by molar-refractivity contribution is 7.89. The Hall–Kier alpha value is -2.45. The van der Waals surface area contributed by atoms with Crippen molar-refractivity contribution in [2.45, 2.75) is 49.8 Å². The third-order valence-electron chi connectivity index (χ3n) is 6.03. The molecule has 4 rings (SSSR count). The number of nitrogens with zero attached hydrogens (tertiary/aromatic N) is 3. The van der Waals surface area contributed by atoms with E-state index < -0.39 is 10.0 Å². The van der Waals surface area contributed by atoms with E-state index in [9.17, 15) is 13.2 Å². The van der Waals surface area contributed by atoms with E-state index in [-0.39, 0.29) is 10.8 Å². The summed E-state index contributed by atoms with van der Waals surface area (Å²) in [4.78, 5) is 19.5. The molecule has 2 aromatic rings. The second kappa shape index (κ2) is 9.78. The quantitative estimate of drug-likeness (QED) is 0.760. The SMILES string of the molecule is O=C(Nc1ccc(N2CCCCCC2)cn1)c1ccc(S(=O)(=O)N2CCCCC2)cc1. The average Bonchev–Trinajstić information content (AvgIpc) is 3.10. The van der Waals surface area contributed by atoms with E-state index in [0.29, 0.717) is 24.5 Å². The Balaban J connectivity index is 1.39. The van der Waals surface area contributed by atoms with E-state index >= 15 is 0 Å². The van der Waals surface area contributed by atoms with Gasteiger partial charge in [0.2, 0.25) is 10.0 Å². The molecule has 0 spiro atoms. The number of carbonyl (C=O) groups excluding carboxylic acids is 1. The van der Waals surface area contributed by atoms with Gasteiger partial charge in [0.05, 0.1) is 16.8 Å². The lowest BCUT2D eigenvalue weighted by molar-refractivity contribution is 0.102. The van der Waals surface area contributed by atoms with Crippen LogP contribution >= 0.6 is 0 Å². The Labute approximate surface area is 184 Å². The number of aromatic nitrogens is 1. The Morgan fingerprint density at radius 3 is 2.03 bits per heavy atom. The molecule has 31 heavy (non-hydrogen) atoms. The predicted octanol–water partition coefficient (Wildman–Crippen LogP) is 3.89. The summed E-state index contributed by atoms with van der Waals surface area (Å²) in [5.41, 5.74) is 1.48. The van der Waals surface area contributed by atoms with Crippen molar-refractivity contribution in [2.24, 2.45) is 0 Å². The van der Waals surface area contributed by atoms with E-state index in [2.05, 4.69) is 15.2 Å². The Morgan fingerprint density at radius 2 is 1.42 bits per heavy atom. The molecule has 0 saturated carbocycles. The summed E-state index contributed by atoms with van der Waals surface area (Å²) in [6, 6.07) is 9.93. The maximum absolute atomic E-state index is 12.8. The number of amides is 1. The molecule has 1 aromatic carbocycles. The number of hydrogen-bond donors (Lipinski definition) is 1. The van der Waals surface area contributed by atoms with Crippen LogP contribution in [0.1, 0.15) is 55.3 Å². The molecule has 2 fully saturated rings. The van der Waals surface area contributed by atoms with Crippen LogP contribution in [0.4, 0.5) is 11.5 Å². The molecule has 1 aromatic heterocycles. The molecule has 1 amide bonds. The standard InChI is InChI=1S/C23H30N4O3S/c28-23(25-22-13-10-20(18-24-22)26-14-4-1-2-5-15-26)19-8-11-21(12-9-19)31(29,30)27-16-6-3-7-17-27/h8-13,18H,1-7,14-17H2,(H,24,25,28). The third kappa shape index (κ3) is 5.25. The molecular weight excluding hydrogens is 412 g/mol. The van der Waals surface area contributed by atoms with Gasteiger partial charge in [0.15, 0.2) is 0 Å². The van der Waals surface area contributed by atoms with Gasteiger partial charge in [-0.05, 0) is 62.1 Å². The van der Waals surface area contributed by atoms with Crippen LogP contribution in [0.15, 0.2) is 47.5 Å². The molecule has 8 heteroatoms. The molecule has 2 aliphatic heterocycles. The Kier molecular flexibility index (Phi) is 6.87. The molecule has 2 saturated heterocycles. The van der Waals surface area contributed by atoms with Crippen LogP contribution in [0.3, 0.4) is 0 Å². The van der Waals surface area contributed by atoms with Crippen molar-refractivity contribution in [1.82, 2.24) is 9.29 Å². The Morgan fingerprint density at radius 1 is 0.806 bits per heavy atom. The van der Waals surface area contributed by atoms with Crippen molar-refractivity contribution in [3.8, 4) is 0 Å². The van der Waals surface area contributed by atoms with Gasteiger partial charge in [-0.15, -0.1) is 0 Å². The molecular formula is C23H30N4O3S. The maximum Gasteiger partial charge on any atom is 0.256 e. The molecule has 7 nitrogen and oxygen atoms in total.